The molecular weight excluding hydrogens is 465 g/mol. The number of nitrogens with one attached hydrogen (secondary N) is 1. The van der Waals surface area contributed by atoms with Crippen molar-refractivity contribution < 1.29 is 22.3 Å². The molecule has 0 bridgehead atoms. The number of carbonyl (C=O) groups is 1. The van der Waals surface area contributed by atoms with E-state index in [0.29, 0.717) is 29.5 Å². The van der Waals surface area contributed by atoms with Gasteiger partial charge in [-0.3, -0.25) is 4.79 Å². The van der Waals surface area contributed by atoms with Crippen LogP contribution in [0.15, 0.2) is 58.8 Å². The highest BCUT2D eigenvalue weighted by atomic mass is 32.2. The standard InChI is InChI=1S/C23H24FN3O4S2/c1-15-12-27(13-16(2)31-15)33(29,30)21-9-7-19(8-10-21)25-22(28)11-20-14-32-23(26-20)17-3-5-18(24)6-4-17/h3-10,14-16H,11-13H2,1-2H3,(H,25,28)/t15-,16+. The molecule has 1 fully saturated rings. The third kappa shape index (κ3) is 5.64. The van der Waals surface area contributed by atoms with Gasteiger partial charge in [0.1, 0.15) is 10.8 Å². The van der Waals surface area contributed by atoms with Crippen molar-refractivity contribution in [1.29, 1.82) is 0 Å². The number of thiazole rings is 1. The highest BCUT2D eigenvalue weighted by molar-refractivity contribution is 7.89. The van der Waals surface area contributed by atoms with E-state index in [9.17, 15) is 17.6 Å². The Morgan fingerprint density at radius 1 is 1.12 bits per heavy atom. The van der Waals surface area contributed by atoms with Crippen LogP contribution in [0.25, 0.3) is 10.6 Å². The lowest BCUT2D eigenvalue weighted by molar-refractivity contribution is -0.115. The highest BCUT2D eigenvalue weighted by Gasteiger charge is 2.32. The molecule has 0 unspecified atom stereocenters. The molecule has 3 aromatic rings. The van der Waals surface area contributed by atoms with E-state index in [1.165, 1.54) is 39.9 Å². The second-order valence-corrected chi connectivity index (χ2v) is 10.8. The maximum absolute atomic E-state index is 13.1. The van der Waals surface area contributed by atoms with Crippen LogP contribution in [0.2, 0.25) is 0 Å². The lowest BCUT2D eigenvalue weighted by Gasteiger charge is -2.34. The number of carbonyl (C=O) groups excluding carboxylic acids is 1. The van der Waals surface area contributed by atoms with E-state index in [1.54, 1.807) is 29.6 Å². The van der Waals surface area contributed by atoms with Crippen molar-refractivity contribution in [3.8, 4) is 10.6 Å². The molecule has 33 heavy (non-hydrogen) atoms. The SMILES string of the molecule is C[C@@H]1CN(S(=O)(=O)c2ccc(NC(=O)Cc3csc(-c4ccc(F)cc4)n3)cc2)C[C@H](C)O1. The van der Waals surface area contributed by atoms with Gasteiger partial charge in [-0.1, -0.05) is 0 Å². The number of rotatable bonds is 6. The number of amides is 1. The summed E-state index contributed by atoms with van der Waals surface area (Å²) in [5.74, 6) is -0.583. The van der Waals surface area contributed by atoms with Gasteiger partial charge in [0.05, 0.1) is 29.2 Å². The molecule has 1 saturated heterocycles. The molecule has 7 nitrogen and oxygen atoms in total. The second-order valence-electron chi connectivity index (χ2n) is 7.98. The third-order valence-electron chi connectivity index (χ3n) is 5.15. The number of morpholine rings is 1. The topological polar surface area (TPSA) is 88.6 Å². The Bertz CT molecular complexity index is 1220. The number of benzene rings is 2. The number of nitrogens with zero attached hydrogens (tertiary/aromatic N) is 2. The third-order valence-corrected chi connectivity index (χ3v) is 7.93. The fraction of sp³-hybridized carbons (Fsp3) is 0.304. The quantitative estimate of drug-likeness (QED) is 0.567. The summed E-state index contributed by atoms with van der Waals surface area (Å²) in [6.45, 7) is 4.31. The first kappa shape index (κ1) is 23.5. The van der Waals surface area contributed by atoms with E-state index < -0.39 is 10.0 Å². The number of hydrogen-bond acceptors (Lipinski definition) is 6. The Balaban J connectivity index is 1.38. The predicted octanol–water partition coefficient (Wildman–Crippen LogP) is 3.93. The van der Waals surface area contributed by atoms with Gasteiger partial charge in [0.2, 0.25) is 15.9 Å². The first-order valence-electron chi connectivity index (χ1n) is 10.5. The van der Waals surface area contributed by atoms with Crippen LogP contribution in [0.1, 0.15) is 19.5 Å². The van der Waals surface area contributed by atoms with Crippen molar-refractivity contribution in [2.75, 3.05) is 18.4 Å². The molecule has 1 amide bonds. The van der Waals surface area contributed by atoms with Gasteiger partial charge in [-0.25, -0.2) is 17.8 Å². The van der Waals surface area contributed by atoms with Gasteiger partial charge in [0.15, 0.2) is 0 Å². The van der Waals surface area contributed by atoms with Crippen molar-refractivity contribution >= 4 is 33.0 Å². The summed E-state index contributed by atoms with van der Waals surface area (Å²) in [6.07, 6.45) is -0.269. The van der Waals surface area contributed by atoms with Crippen molar-refractivity contribution in [3.05, 3.63) is 65.4 Å². The summed E-state index contributed by atoms with van der Waals surface area (Å²) in [6, 6.07) is 12.2. The van der Waals surface area contributed by atoms with Gasteiger partial charge in [0, 0.05) is 29.7 Å². The van der Waals surface area contributed by atoms with Gasteiger partial charge in [-0.05, 0) is 62.4 Å². The molecule has 174 valence electrons. The van der Waals surface area contributed by atoms with E-state index in [-0.39, 0.29) is 35.2 Å². The molecule has 0 radical (unpaired) electrons. The van der Waals surface area contributed by atoms with E-state index in [4.69, 9.17) is 4.74 Å². The molecule has 0 aliphatic carbocycles. The summed E-state index contributed by atoms with van der Waals surface area (Å²) >= 11 is 1.38. The van der Waals surface area contributed by atoms with Crippen LogP contribution >= 0.6 is 11.3 Å². The van der Waals surface area contributed by atoms with Crippen LogP contribution in [0.4, 0.5) is 10.1 Å². The first-order chi connectivity index (χ1) is 15.7. The molecule has 0 spiro atoms. The summed E-state index contributed by atoms with van der Waals surface area (Å²) in [4.78, 5) is 17.1. The molecular formula is C23H24FN3O4S2. The van der Waals surface area contributed by atoms with Gasteiger partial charge < -0.3 is 10.1 Å². The van der Waals surface area contributed by atoms with Crippen LogP contribution in [0, 0.1) is 5.82 Å². The lowest BCUT2D eigenvalue weighted by atomic mass is 10.2. The maximum Gasteiger partial charge on any atom is 0.243 e. The largest absolute Gasteiger partial charge is 0.373 e. The second kappa shape index (κ2) is 9.68. The summed E-state index contributed by atoms with van der Waals surface area (Å²) in [5.41, 5.74) is 1.89. The van der Waals surface area contributed by atoms with Crippen molar-refractivity contribution in [2.24, 2.45) is 0 Å². The van der Waals surface area contributed by atoms with Crippen LogP contribution < -0.4 is 5.32 Å². The summed E-state index contributed by atoms with van der Waals surface area (Å²) < 4.78 is 46.0. The van der Waals surface area contributed by atoms with Gasteiger partial charge >= 0.3 is 0 Å². The molecule has 1 aromatic heterocycles. The first-order valence-corrected chi connectivity index (χ1v) is 12.8. The molecule has 1 N–H and O–H groups in total. The zero-order chi connectivity index (χ0) is 23.6. The van der Waals surface area contributed by atoms with Crippen molar-refractivity contribution in [3.63, 3.8) is 0 Å². The molecule has 0 saturated carbocycles. The molecule has 2 aromatic carbocycles. The number of halogens is 1. The molecule has 2 heterocycles. The van der Waals surface area contributed by atoms with Crippen LogP contribution in [0.5, 0.6) is 0 Å². The van der Waals surface area contributed by atoms with E-state index in [0.717, 1.165) is 5.56 Å². The molecule has 2 atom stereocenters. The Hall–Kier alpha value is -2.66. The number of anilines is 1. The number of ether oxygens (including phenoxy) is 1. The monoisotopic (exact) mass is 489 g/mol. The summed E-state index contributed by atoms with van der Waals surface area (Å²) in [5, 5.41) is 5.26. The normalized spacial score (nSPS) is 19.4. The Kier molecular flexibility index (Phi) is 6.89. The zero-order valence-electron chi connectivity index (χ0n) is 18.2. The maximum atomic E-state index is 13.1. The average molecular weight is 490 g/mol. The number of aromatic nitrogens is 1. The van der Waals surface area contributed by atoms with Crippen LogP contribution in [-0.4, -0.2) is 48.9 Å². The van der Waals surface area contributed by atoms with E-state index in [2.05, 4.69) is 10.3 Å². The highest BCUT2D eigenvalue weighted by Crippen LogP contribution is 2.25. The van der Waals surface area contributed by atoms with Gasteiger partial charge in [0.25, 0.3) is 0 Å². The molecule has 1 aliphatic rings. The van der Waals surface area contributed by atoms with Gasteiger partial charge in [-0.2, -0.15) is 4.31 Å². The minimum atomic E-state index is -3.64. The van der Waals surface area contributed by atoms with Crippen LogP contribution in [-0.2, 0) is 26.0 Å². The fourth-order valence-corrected chi connectivity index (χ4v) is 6.09. The molecule has 4 rings (SSSR count). The molecule has 1 aliphatic heterocycles. The Morgan fingerprint density at radius 3 is 2.39 bits per heavy atom. The average Bonchev–Trinajstić information content (AvgIpc) is 3.22. The van der Waals surface area contributed by atoms with Gasteiger partial charge in [-0.15, -0.1) is 11.3 Å². The van der Waals surface area contributed by atoms with Crippen molar-refractivity contribution in [2.45, 2.75) is 37.4 Å². The smallest absolute Gasteiger partial charge is 0.243 e. The minimum Gasteiger partial charge on any atom is -0.373 e. The Morgan fingerprint density at radius 2 is 1.76 bits per heavy atom. The van der Waals surface area contributed by atoms with Crippen molar-refractivity contribution in [1.82, 2.24) is 9.29 Å². The fourth-order valence-electron chi connectivity index (χ4n) is 3.67. The van der Waals surface area contributed by atoms with E-state index in [1.807, 2.05) is 13.8 Å². The number of hydrogen-bond donors (Lipinski definition) is 1. The van der Waals surface area contributed by atoms with Crippen LogP contribution in [0.3, 0.4) is 0 Å². The number of sulfonamides is 1. The minimum absolute atomic E-state index is 0.0707. The molecule has 10 heteroatoms. The Labute approximate surface area is 196 Å². The predicted molar refractivity (Wildman–Crippen MR) is 125 cm³/mol. The summed E-state index contributed by atoms with van der Waals surface area (Å²) in [7, 11) is -3.64. The lowest BCUT2D eigenvalue weighted by Crippen LogP contribution is -2.48. The zero-order valence-corrected chi connectivity index (χ0v) is 19.8. The van der Waals surface area contributed by atoms with E-state index >= 15 is 0 Å².